The normalized spacial score (nSPS) is 18.2. The van der Waals surface area contributed by atoms with E-state index in [0.29, 0.717) is 18.8 Å². The number of nitrogens with one attached hydrogen (secondary N) is 1. The lowest BCUT2D eigenvalue weighted by Gasteiger charge is -2.32. The quantitative estimate of drug-likeness (QED) is 0.752. The molecule has 0 aromatic carbocycles. The standard InChI is InChI=1S/C14H20N2O3/c17-13(18)11-5-4-8-16-12(11)9-15-10-14(19)6-2-1-3-7-14/h4-5,8,15,19H,1-3,6-7,9-10H2,(H,17,18). The van der Waals surface area contributed by atoms with E-state index in [9.17, 15) is 9.90 Å². The van der Waals surface area contributed by atoms with E-state index in [1.165, 1.54) is 6.42 Å². The minimum Gasteiger partial charge on any atom is -0.478 e. The van der Waals surface area contributed by atoms with Gasteiger partial charge in [0.1, 0.15) is 0 Å². The molecule has 1 aromatic heterocycles. The van der Waals surface area contributed by atoms with Crippen molar-refractivity contribution in [2.75, 3.05) is 6.54 Å². The lowest BCUT2D eigenvalue weighted by molar-refractivity contribution is 0.00461. The second kappa shape index (κ2) is 6.12. The highest BCUT2D eigenvalue weighted by atomic mass is 16.4. The van der Waals surface area contributed by atoms with Crippen molar-refractivity contribution >= 4 is 5.97 Å². The topological polar surface area (TPSA) is 82.5 Å². The van der Waals surface area contributed by atoms with Crippen LogP contribution in [0.15, 0.2) is 18.3 Å². The summed E-state index contributed by atoms with van der Waals surface area (Å²) < 4.78 is 0. The molecule has 1 aliphatic carbocycles. The smallest absolute Gasteiger partial charge is 0.337 e. The molecule has 0 saturated heterocycles. The Kier molecular flexibility index (Phi) is 4.50. The average Bonchev–Trinajstić information content (AvgIpc) is 2.40. The van der Waals surface area contributed by atoms with Crippen molar-refractivity contribution in [2.45, 2.75) is 44.2 Å². The van der Waals surface area contributed by atoms with Crippen molar-refractivity contribution in [1.82, 2.24) is 10.3 Å². The van der Waals surface area contributed by atoms with Crippen molar-refractivity contribution in [1.29, 1.82) is 0 Å². The number of hydrogen-bond donors (Lipinski definition) is 3. The summed E-state index contributed by atoms with van der Waals surface area (Å²) in [6.07, 6.45) is 6.51. The van der Waals surface area contributed by atoms with Gasteiger partial charge in [0.25, 0.3) is 0 Å². The number of aromatic nitrogens is 1. The molecule has 5 heteroatoms. The Hall–Kier alpha value is -1.46. The van der Waals surface area contributed by atoms with Gasteiger partial charge in [0.15, 0.2) is 0 Å². The van der Waals surface area contributed by atoms with Gasteiger partial charge in [-0.1, -0.05) is 19.3 Å². The fourth-order valence-corrected chi connectivity index (χ4v) is 2.57. The van der Waals surface area contributed by atoms with Gasteiger partial charge in [-0.25, -0.2) is 4.79 Å². The molecule has 5 nitrogen and oxygen atoms in total. The van der Waals surface area contributed by atoms with Gasteiger partial charge in [-0.15, -0.1) is 0 Å². The number of pyridine rings is 1. The van der Waals surface area contributed by atoms with Crippen LogP contribution < -0.4 is 5.32 Å². The van der Waals surface area contributed by atoms with Crippen LogP contribution in [-0.2, 0) is 6.54 Å². The first-order chi connectivity index (χ1) is 9.11. The Morgan fingerprint density at radius 2 is 2.11 bits per heavy atom. The first-order valence-corrected chi connectivity index (χ1v) is 6.71. The van der Waals surface area contributed by atoms with Gasteiger partial charge in [-0.2, -0.15) is 0 Å². The van der Waals surface area contributed by atoms with Gasteiger partial charge in [0, 0.05) is 19.3 Å². The van der Waals surface area contributed by atoms with E-state index in [-0.39, 0.29) is 5.56 Å². The molecule has 1 heterocycles. The zero-order chi connectivity index (χ0) is 13.7. The van der Waals surface area contributed by atoms with Crippen LogP contribution in [0.25, 0.3) is 0 Å². The maximum Gasteiger partial charge on any atom is 0.337 e. The van der Waals surface area contributed by atoms with E-state index in [2.05, 4.69) is 10.3 Å². The minimum atomic E-state index is -0.971. The molecule has 0 bridgehead atoms. The SMILES string of the molecule is O=C(O)c1cccnc1CNCC1(O)CCCCC1. The van der Waals surface area contributed by atoms with Gasteiger partial charge < -0.3 is 15.5 Å². The molecule has 19 heavy (non-hydrogen) atoms. The van der Waals surface area contributed by atoms with Crippen molar-refractivity contribution in [2.24, 2.45) is 0 Å². The van der Waals surface area contributed by atoms with E-state index < -0.39 is 11.6 Å². The van der Waals surface area contributed by atoms with Crippen LogP contribution in [0.3, 0.4) is 0 Å². The molecule has 0 spiro atoms. The first-order valence-electron chi connectivity index (χ1n) is 6.71. The Morgan fingerprint density at radius 1 is 1.37 bits per heavy atom. The largest absolute Gasteiger partial charge is 0.478 e. The monoisotopic (exact) mass is 264 g/mol. The van der Waals surface area contributed by atoms with E-state index in [1.54, 1.807) is 18.3 Å². The summed E-state index contributed by atoms with van der Waals surface area (Å²) in [5.41, 5.74) is 0.0798. The predicted molar refractivity (Wildman–Crippen MR) is 70.9 cm³/mol. The number of rotatable bonds is 5. The predicted octanol–water partition coefficient (Wildman–Crippen LogP) is 1.56. The van der Waals surface area contributed by atoms with Gasteiger partial charge in [0.2, 0.25) is 0 Å². The summed E-state index contributed by atoms with van der Waals surface area (Å²) >= 11 is 0. The van der Waals surface area contributed by atoms with Crippen LogP contribution in [0.5, 0.6) is 0 Å². The van der Waals surface area contributed by atoms with Crippen LogP contribution in [0.2, 0.25) is 0 Å². The molecule has 1 fully saturated rings. The zero-order valence-corrected chi connectivity index (χ0v) is 10.9. The summed E-state index contributed by atoms with van der Waals surface area (Å²) in [6, 6.07) is 3.16. The van der Waals surface area contributed by atoms with Crippen molar-refractivity contribution in [3.05, 3.63) is 29.6 Å². The summed E-state index contributed by atoms with van der Waals surface area (Å²) in [5, 5.41) is 22.5. The molecule has 1 aromatic rings. The van der Waals surface area contributed by atoms with E-state index in [1.807, 2.05) is 0 Å². The second-order valence-electron chi connectivity index (χ2n) is 5.19. The van der Waals surface area contributed by atoms with Crippen molar-refractivity contribution in [3.8, 4) is 0 Å². The third kappa shape index (κ3) is 3.75. The van der Waals surface area contributed by atoms with Crippen molar-refractivity contribution in [3.63, 3.8) is 0 Å². The van der Waals surface area contributed by atoms with Crippen LogP contribution in [0.1, 0.15) is 48.2 Å². The first kappa shape index (κ1) is 14.0. The lowest BCUT2D eigenvalue weighted by Crippen LogP contribution is -2.42. The fourth-order valence-electron chi connectivity index (χ4n) is 2.57. The highest BCUT2D eigenvalue weighted by Crippen LogP contribution is 2.27. The average molecular weight is 264 g/mol. The molecule has 0 atom stereocenters. The Balaban J connectivity index is 1.90. The number of carboxylic acids is 1. The Morgan fingerprint density at radius 3 is 2.79 bits per heavy atom. The molecule has 0 aliphatic heterocycles. The molecule has 1 aliphatic rings. The Bertz CT molecular complexity index is 442. The molecule has 3 N–H and O–H groups in total. The summed E-state index contributed by atoms with van der Waals surface area (Å²) in [7, 11) is 0. The van der Waals surface area contributed by atoms with Crippen LogP contribution in [-0.4, -0.2) is 33.3 Å². The number of hydrogen-bond acceptors (Lipinski definition) is 4. The van der Waals surface area contributed by atoms with Crippen LogP contribution in [0, 0.1) is 0 Å². The third-order valence-electron chi connectivity index (χ3n) is 3.65. The molecule has 104 valence electrons. The number of nitrogens with zero attached hydrogens (tertiary/aromatic N) is 1. The fraction of sp³-hybridized carbons (Fsp3) is 0.571. The number of aliphatic hydroxyl groups is 1. The summed E-state index contributed by atoms with van der Waals surface area (Å²) in [4.78, 5) is 15.1. The van der Waals surface area contributed by atoms with Crippen molar-refractivity contribution < 1.29 is 15.0 Å². The van der Waals surface area contributed by atoms with Gasteiger partial charge in [-0.3, -0.25) is 4.98 Å². The van der Waals surface area contributed by atoms with Crippen LogP contribution >= 0.6 is 0 Å². The van der Waals surface area contributed by atoms with E-state index in [0.717, 1.165) is 25.7 Å². The van der Waals surface area contributed by atoms with Gasteiger partial charge in [0.05, 0.1) is 16.9 Å². The number of carbonyl (C=O) groups is 1. The van der Waals surface area contributed by atoms with E-state index in [4.69, 9.17) is 5.11 Å². The minimum absolute atomic E-state index is 0.214. The summed E-state index contributed by atoms with van der Waals surface area (Å²) in [5.74, 6) is -0.971. The molecule has 0 amide bonds. The van der Waals surface area contributed by atoms with Gasteiger partial charge in [-0.05, 0) is 25.0 Å². The maximum atomic E-state index is 11.0. The molecular weight excluding hydrogens is 244 g/mol. The lowest BCUT2D eigenvalue weighted by atomic mass is 9.85. The maximum absolute atomic E-state index is 11.0. The summed E-state index contributed by atoms with van der Waals surface area (Å²) in [6.45, 7) is 0.855. The van der Waals surface area contributed by atoms with E-state index >= 15 is 0 Å². The Labute approximate surface area is 112 Å². The highest BCUT2D eigenvalue weighted by molar-refractivity contribution is 5.88. The van der Waals surface area contributed by atoms with Gasteiger partial charge >= 0.3 is 5.97 Å². The third-order valence-corrected chi connectivity index (χ3v) is 3.65. The molecular formula is C14H20N2O3. The zero-order valence-electron chi connectivity index (χ0n) is 10.9. The van der Waals surface area contributed by atoms with Crippen LogP contribution in [0.4, 0.5) is 0 Å². The highest BCUT2D eigenvalue weighted by Gasteiger charge is 2.28. The second-order valence-corrected chi connectivity index (χ2v) is 5.19. The molecule has 0 radical (unpaired) electrons. The number of carboxylic acid groups (broad SMARTS) is 1. The molecule has 2 rings (SSSR count). The molecule has 1 saturated carbocycles. The number of aromatic carboxylic acids is 1. The molecule has 0 unspecified atom stereocenters.